The number of rotatable bonds is 6. The number of unbranched alkanes of at least 4 members (excludes halogenated alkanes) is 2. The zero-order valence-electron chi connectivity index (χ0n) is 9.05. The fraction of sp³-hybridized carbons (Fsp3) is 0.727. The highest BCUT2D eigenvalue weighted by atomic mass is 16.2. The van der Waals surface area contributed by atoms with Gasteiger partial charge >= 0.3 is 0 Å². The highest BCUT2D eigenvalue weighted by molar-refractivity contribution is 5.87. The molecule has 0 bridgehead atoms. The number of amides is 1. The van der Waals surface area contributed by atoms with Gasteiger partial charge in [0.25, 0.3) is 0 Å². The van der Waals surface area contributed by atoms with Gasteiger partial charge in [-0.05, 0) is 26.3 Å². The molecule has 0 heterocycles. The molecular weight excluding hydrogens is 162 g/mol. The highest BCUT2D eigenvalue weighted by Crippen LogP contribution is 1.96. The minimum absolute atomic E-state index is 0.140. The van der Waals surface area contributed by atoms with Crippen LogP contribution in [0, 0.1) is 0 Å². The lowest BCUT2D eigenvalue weighted by Gasteiger charge is -2.15. The molecule has 0 atom stereocenters. The van der Waals surface area contributed by atoms with Crippen LogP contribution in [0.1, 0.15) is 40.0 Å². The quantitative estimate of drug-likeness (QED) is 0.458. The lowest BCUT2D eigenvalue weighted by atomic mass is 10.2. The van der Waals surface area contributed by atoms with Gasteiger partial charge in [-0.1, -0.05) is 25.8 Å². The fourth-order valence-corrected chi connectivity index (χ4v) is 1.15. The summed E-state index contributed by atoms with van der Waals surface area (Å²) < 4.78 is 0. The van der Waals surface area contributed by atoms with E-state index in [0.29, 0.717) is 0 Å². The van der Waals surface area contributed by atoms with Crippen molar-refractivity contribution in [2.45, 2.75) is 40.0 Å². The molecule has 76 valence electrons. The molecular formula is C11H21NO. The third-order valence-electron chi connectivity index (χ3n) is 2.06. The van der Waals surface area contributed by atoms with Gasteiger partial charge in [-0.25, -0.2) is 0 Å². The van der Waals surface area contributed by atoms with Crippen LogP contribution in [0.15, 0.2) is 12.2 Å². The zero-order valence-corrected chi connectivity index (χ0v) is 9.05. The summed E-state index contributed by atoms with van der Waals surface area (Å²) in [5, 5.41) is 0. The molecule has 0 aromatic carbocycles. The summed E-state index contributed by atoms with van der Waals surface area (Å²) in [5.41, 5.74) is 0. The topological polar surface area (TPSA) is 20.3 Å². The molecule has 1 amide bonds. The summed E-state index contributed by atoms with van der Waals surface area (Å²) in [6.45, 7) is 7.75. The summed E-state index contributed by atoms with van der Waals surface area (Å²) in [6, 6.07) is 0. The van der Waals surface area contributed by atoms with Gasteiger partial charge in [-0.2, -0.15) is 0 Å². The van der Waals surface area contributed by atoms with E-state index in [2.05, 4.69) is 6.92 Å². The lowest BCUT2D eigenvalue weighted by molar-refractivity contribution is -0.125. The minimum atomic E-state index is 0.140. The van der Waals surface area contributed by atoms with Crippen molar-refractivity contribution in [3.05, 3.63) is 12.2 Å². The number of carbonyl (C=O) groups is 1. The van der Waals surface area contributed by atoms with Crippen molar-refractivity contribution in [3.63, 3.8) is 0 Å². The maximum atomic E-state index is 11.4. The Morgan fingerprint density at radius 1 is 1.23 bits per heavy atom. The average molecular weight is 183 g/mol. The summed E-state index contributed by atoms with van der Waals surface area (Å²) in [6.07, 6.45) is 7.04. The average Bonchev–Trinajstić information content (AvgIpc) is 2.14. The van der Waals surface area contributed by atoms with E-state index in [9.17, 15) is 4.79 Å². The Labute approximate surface area is 81.6 Å². The van der Waals surface area contributed by atoms with E-state index in [1.54, 1.807) is 6.08 Å². The summed E-state index contributed by atoms with van der Waals surface area (Å²) in [5.74, 6) is 0.140. The van der Waals surface area contributed by atoms with Crippen molar-refractivity contribution in [2.75, 3.05) is 13.1 Å². The number of hydrogen-bond donors (Lipinski definition) is 0. The largest absolute Gasteiger partial charge is 0.340 e. The molecule has 0 fully saturated rings. The van der Waals surface area contributed by atoms with E-state index in [4.69, 9.17) is 0 Å². The first-order chi connectivity index (χ1) is 6.26. The van der Waals surface area contributed by atoms with Crippen molar-refractivity contribution in [1.82, 2.24) is 4.90 Å². The van der Waals surface area contributed by atoms with E-state index in [1.807, 2.05) is 24.8 Å². The molecule has 2 heteroatoms. The maximum absolute atomic E-state index is 11.4. The number of likely N-dealkylation sites (N-methyl/N-ethyl adjacent to an activating group) is 1. The van der Waals surface area contributed by atoms with Gasteiger partial charge in [0, 0.05) is 13.1 Å². The molecule has 13 heavy (non-hydrogen) atoms. The Kier molecular flexibility index (Phi) is 7.36. The molecule has 0 saturated heterocycles. The number of nitrogens with zero attached hydrogens (tertiary/aromatic N) is 1. The van der Waals surface area contributed by atoms with Crippen LogP contribution in [0.4, 0.5) is 0 Å². The van der Waals surface area contributed by atoms with Gasteiger partial charge in [0.05, 0.1) is 0 Å². The molecule has 0 radical (unpaired) electrons. The first kappa shape index (κ1) is 12.2. The smallest absolute Gasteiger partial charge is 0.246 e. The molecule has 2 nitrogen and oxygen atoms in total. The monoisotopic (exact) mass is 183 g/mol. The van der Waals surface area contributed by atoms with Gasteiger partial charge < -0.3 is 4.90 Å². The van der Waals surface area contributed by atoms with E-state index in [1.165, 1.54) is 12.8 Å². The normalized spacial score (nSPS) is 10.7. The second-order valence-corrected chi connectivity index (χ2v) is 3.06. The second-order valence-electron chi connectivity index (χ2n) is 3.06. The predicted octanol–water partition coefficient (Wildman–Crippen LogP) is 2.60. The Balaban J connectivity index is 3.76. The van der Waals surface area contributed by atoms with E-state index in [-0.39, 0.29) is 5.91 Å². The standard InChI is InChI=1S/C11H21NO/c1-4-7-8-9-10-11(13)12(5-2)6-3/h9-10H,4-8H2,1-3H3/b10-9+. The summed E-state index contributed by atoms with van der Waals surface area (Å²) in [4.78, 5) is 13.2. The predicted molar refractivity (Wildman–Crippen MR) is 56.6 cm³/mol. The van der Waals surface area contributed by atoms with E-state index in [0.717, 1.165) is 19.5 Å². The Hall–Kier alpha value is -0.790. The molecule has 0 rings (SSSR count). The van der Waals surface area contributed by atoms with Crippen LogP contribution in [0.2, 0.25) is 0 Å². The molecule has 0 aliphatic rings. The van der Waals surface area contributed by atoms with Crippen molar-refractivity contribution in [2.24, 2.45) is 0 Å². The molecule has 0 saturated carbocycles. The van der Waals surface area contributed by atoms with Crippen LogP contribution in [0.5, 0.6) is 0 Å². The van der Waals surface area contributed by atoms with Crippen molar-refractivity contribution >= 4 is 5.91 Å². The highest BCUT2D eigenvalue weighted by Gasteiger charge is 2.03. The molecule has 0 aromatic rings. The van der Waals surface area contributed by atoms with Crippen LogP contribution in [-0.4, -0.2) is 23.9 Å². The first-order valence-electron chi connectivity index (χ1n) is 5.21. The Morgan fingerprint density at radius 3 is 2.31 bits per heavy atom. The van der Waals surface area contributed by atoms with Crippen LogP contribution in [-0.2, 0) is 4.79 Å². The maximum Gasteiger partial charge on any atom is 0.246 e. The molecule has 0 N–H and O–H groups in total. The first-order valence-corrected chi connectivity index (χ1v) is 5.21. The van der Waals surface area contributed by atoms with Gasteiger partial charge in [0.15, 0.2) is 0 Å². The molecule has 0 spiro atoms. The van der Waals surface area contributed by atoms with Crippen LogP contribution < -0.4 is 0 Å². The molecule has 0 aliphatic carbocycles. The SMILES string of the molecule is CCCC/C=C/C(=O)N(CC)CC. The third kappa shape index (κ3) is 5.45. The van der Waals surface area contributed by atoms with Gasteiger partial charge in [-0.3, -0.25) is 4.79 Å². The zero-order chi connectivity index (χ0) is 10.1. The van der Waals surface area contributed by atoms with Crippen molar-refractivity contribution in [3.8, 4) is 0 Å². The molecule has 0 aliphatic heterocycles. The van der Waals surface area contributed by atoms with Crippen LogP contribution in [0.3, 0.4) is 0 Å². The Morgan fingerprint density at radius 2 is 1.85 bits per heavy atom. The van der Waals surface area contributed by atoms with Gasteiger partial charge in [-0.15, -0.1) is 0 Å². The van der Waals surface area contributed by atoms with Crippen molar-refractivity contribution in [1.29, 1.82) is 0 Å². The van der Waals surface area contributed by atoms with Gasteiger partial charge in [0.1, 0.15) is 0 Å². The van der Waals surface area contributed by atoms with E-state index < -0.39 is 0 Å². The van der Waals surface area contributed by atoms with Crippen molar-refractivity contribution < 1.29 is 4.79 Å². The fourth-order valence-electron chi connectivity index (χ4n) is 1.15. The third-order valence-corrected chi connectivity index (χ3v) is 2.06. The molecule has 0 aromatic heterocycles. The van der Waals surface area contributed by atoms with Gasteiger partial charge in [0.2, 0.25) is 5.91 Å². The molecule has 0 unspecified atom stereocenters. The number of carbonyl (C=O) groups excluding carboxylic acids is 1. The summed E-state index contributed by atoms with van der Waals surface area (Å²) in [7, 11) is 0. The number of allylic oxidation sites excluding steroid dienone is 1. The second kappa shape index (κ2) is 7.84. The van der Waals surface area contributed by atoms with Crippen LogP contribution >= 0.6 is 0 Å². The lowest BCUT2D eigenvalue weighted by Crippen LogP contribution is -2.28. The number of hydrogen-bond acceptors (Lipinski definition) is 1. The Bertz CT molecular complexity index is 159. The summed E-state index contributed by atoms with van der Waals surface area (Å²) >= 11 is 0. The van der Waals surface area contributed by atoms with E-state index >= 15 is 0 Å². The minimum Gasteiger partial charge on any atom is -0.340 e. The van der Waals surface area contributed by atoms with Crippen LogP contribution in [0.25, 0.3) is 0 Å².